The molecule has 1 N–H and O–H groups in total. The summed E-state index contributed by atoms with van der Waals surface area (Å²) in [6.45, 7) is 4.28. The van der Waals surface area contributed by atoms with Gasteiger partial charge in [0.15, 0.2) is 21.4 Å². The molecule has 20 heavy (non-hydrogen) atoms. The fourth-order valence-corrected chi connectivity index (χ4v) is 2.73. The zero-order valence-corrected chi connectivity index (χ0v) is 13.1. The molecular formula is C14H22FNO3S. The molecule has 6 heteroatoms. The summed E-state index contributed by atoms with van der Waals surface area (Å²) in [6.07, 6.45) is 2.06. The molecule has 0 aliphatic carbocycles. The molecule has 114 valence electrons. The number of hydrogen-bond acceptors (Lipinski definition) is 4. The molecule has 0 saturated heterocycles. The van der Waals surface area contributed by atoms with E-state index in [0.717, 1.165) is 6.42 Å². The molecule has 0 heterocycles. The van der Waals surface area contributed by atoms with Crippen molar-refractivity contribution in [3.8, 4) is 5.75 Å². The van der Waals surface area contributed by atoms with Crippen molar-refractivity contribution in [2.75, 3.05) is 19.9 Å². The molecule has 1 aromatic carbocycles. The van der Waals surface area contributed by atoms with E-state index >= 15 is 0 Å². The molecule has 0 spiro atoms. The van der Waals surface area contributed by atoms with Crippen LogP contribution in [0.15, 0.2) is 18.2 Å². The average Bonchev–Trinajstić information content (AvgIpc) is 2.38. The van der Waals surface area contributed by atoms with Crippen LogP contribution in [0.5, 0.6) is 5.75 Å². The number of benzene rings is 1. The molecule has 0 amide bonds. The number of nitrogens with one attached hydrogen (secondary N) is 1. The van der Waals surface area contributed by atoms with Crippen LogP contribution in [0.3, 0.4) is 0 Å². The average molecular weight is 303 g/mol. The molecule has 0 aliphatic rings. The van der Waals surface area contributed by atoms with E-state index in [-0.39, 0.29) is 5.75 Å². The first kappa shape index (κ1) is 16.9. The Morgan fingerprint density at radius 3 is 2.50 bits per heavy atom. The summed E-state index contributed by atoms with van der Waals surface area (Å²) in [5, 5.41) is 2.53. The maximum absolute atomic E-state index is 13.8. The lowest BCUT2D eigenvalue weighted by Crippen LogP contribution is -2.35. The minimum absolute atomic E-state index is 0.148. The lowest BCUT2D eigenvalue weighted by Gasteiger charge is -2.24. The summed E-state index contributed by atoms with van der Waals surface area (Å²) in [6, 6.07) is 4.09. The second-order valence-corrected chi connectivity index (χ2v) is 7.26. The fraction of sp³-hybridized carbons (Fsp3) is 0.571. The van der Waals surface area contributed by atoms with Gasteiger partial charge < -0.3 is 10.1 Å². The number of methoxy groups -OCH3 is 1. The summed E-state index contributed by atoms with van der Waals surface area (Å²) in [5.74, 6) is -0.344. The maximum atomic E-state index is 13.8. The van der Waals surface area contributed by atoms with Crippen LogP contribution in [0.1, 0.15) is 31.9 Å². The summed E-state index contributed by atoms with van der Waals surface area (Å²) < 4.78 is 42.2. The highest BCUT2D eigenvalue weighted by atomic mass is 32.2. The van der Waals surface area contributed by atoms with Crippen molar-refractivity contribution in [3.63, 3.8) is 0 Å². The third-order valence-corrected chi connectivity index (χ3v) is 4.92. The van der Waals surface area contributed by atoms with Crippen LogP contribution in [0.25, 0.3) is 0 Å². The number of hydrogen-bond donors (Lipinski definition) is 1. The van der Waals surface area contributed by atoms with Gasteiger partial charge in [0.1, 0.15) is 0 Å². The van der Waals surface area contributed by atoms with E-state index < -0.39 is 26.9 Å². The molecule has 0 fully saturated rings. The van der Waals surface area contributed by atoms with Gasteiger partial charge in [0, 0.05) is 12.3 Å². The molecule has 2 unspecified atom stereocenters. The van der Waals surface area contributed by atoms with Crippen LogP contribution < -0.4 is 10.1 Å². The summed E-state index contributed by atoms with van der Waals surface area (Å²) >= 11 is 0. The molecule has 0 radical (unpaired) electrons. The molecule has 1 rings (SSSR count). The van der Waals surface area contributed by atoms with Gasteiger partial charge in [0.25, 0.3) is 0 Å². The smallest absolute Gasteiger partial charge is 0.165 e. The standard InChI is InChI=1S/C14H22FNO3S/c1-5-8-16-14(10(2)20(4,17)18)11-6-7-13(19-3)12(15)9-11/h6-7,9-10,14,16H,5,8H2,1-4H3. The van der Waals surface area contributed by atoms with Crippen molar-refractivity contribution >= 4 is 9.84 Å². The monoisotopic (exact) mass is 303 g/mol. The largest absolute Gasteiger partial charge is 0.494 e. The Morgan fingerprint density at radius 2 is 2.05 bits per heavy atom. The zero-order chi connectivity index (χ0) is 15.3. The van der Waals surface area contributed by atoms with Gasteiger partial charge in [0.2, 0.25) is 0 Å². The van der Waals surface area contributed by atoms with Crippen LogP contribution in [0, 0.1) is 5.82 Å². The first-order valence-electron chi connectivity index (χ1n) is 6.57. The number of ether oxygens (including phenoxy) is 1. The zero-order valence-electron chi connectivity index (χ0n) is 12.3. The SMILES string of the molecule is CCCNC(c1ccc(OC)c(F)c1)C(C)S(C)(=O)=O. The van der Waals surface area contributed by atoms with Crippen LogP contribution >= 0.6 is 0 Å². The minimum Gasteiger partial charge on any atom is -0.494 e. The predicted octanol–water partition coefficient (Wildman–Crippen LogP) is 2.31. The summed E-state index contributed by atoms with van der Waals surface area (Å²) in [4.78, 5) is 0. The van der Waals surface area contributed by atoms with Crippen LogP contribution in [-0.2, 0) is 9.84 Å². The Labute approximate surface area is 120 Å². The fourth-order valence-electron chi connectivity index (χ4n) is 1.98. The second-order valence-electron chi connectivity index (χ2n) is 4.86. The summed E-state index contributed by atoms with van der Waals surface area (Å²) in [5.41, 5.74) is 0.606. The van der Waals surface area contributed by atoms with Gasteiger partial charge in [-0.15, -0.1) is 0 Å². The third kappa shape index (κ3) is 4.18. The van der Waals surface area contributed by atoms with Gasteiger partial charge >= 0.3 is 0 Å². The number of rotatable bonds is 7. The van der Waals surface area contributed by atoms with E-state index in [0.29, 0.717) is 12.1 Å². The Hall–Kier alpha value is -1.14. The van der Waals surface area contributed by atoms with E-state index in [9.17, 15) is 12.8 Å². The van der Waals surface area contributed by atoms with Gasteiger partial charge in [-0.2, -0.15) is 0 Å². The third-order valence-electron chi connectivity index (χ3n) is 3.29. The molecule has 1 aromatic rings. The molecule has 2 atom stereocenters. The Kier molecular flexibility index (Phi) is 5.95. The maximum Gasteiger partial charge on any atom is 0.165 e. The van der Waals surface area contributed by atoms with E-state index in [4.69, 9.17) is 4.74 Å². The Balaban J connectivity index is 3.13. The van der Waals surface area contributed by atoms with Crippen molar-refractivity contribution in [1.29, 1.82) is 0 Å². The summed E-state index contributed by atoms with van der Waals surface area (Å²) in [7, 11) is -1.83. The predicted molar refractivity (Wildman–Crippen MR) is 78.3 cm³/mol. The van der Waals surface area contributed by atoms with Crippen molar-refractivity contribution in [1.82, 2.24) is 5.32 Å². The second kappa shape index (κ2) is 7.04. The molecule has 0 saturated carbocycles. The van der Waals surface area contributed by atoms with Crippen molar-refractivity contribution < 1.29 is 17.5 Å². The van der Waals surface area contributed by atoms with E-state index in [1.54, 1.807) is 13.0 Å². The van der Waals surface area contributed by atoms with Gasteiger partial charge in [-0.25, -0.2) is 12.8 Å². The van der Waals surface area contributed by atoms with Gasteiger partial charge in [-0.05, 0) is 37.6 Å². The molecular weight excluding hydrogens is 281 g/mol. The van der Waals surface area contributed by atoms with E-state index in [2.05, 4.69) is 5.32 Å². The highest BCUT2D eigenvalue weighted by molar-refractivity contribution is 7.91. The van der Waals surface area contributed by atoms with Crippen LogP contribution in [0.4, 0.5) is 4.39 Å². The van der Waals surface area contributed by atoms with Gasteiger partial charge in [0.05, 0.1) is 12.4 Å². The first-order valence-corrected chi connectivity index (χ1v) is 8.52. The minimum atomic E-state index is -3.23. The molecule has 0 aliphatic heterocycles. The number of sulfone groups is 1. The van der Waals surface area contributed by atoms with Crippen LogP contribution in [0.2, 0.25) is 0 Å². The molecule has 0 aromatic heterocycles. The van der Waals surface area contributed by atoms with Crippen molar-refractivity contribution in [3.05, 3.63) is 29.6 Å². The topological polar surface area (TPSA) is 55.4 Å². The Morgan fingerprint density at radius 1 is 1.40 bits per heavy atom. The normalized spacial score (nSPS) is 14.8. The quantitative estimate of drug-likeness (QED) is 0.840. The highest BCUT2D eigenvalue weighted by Crippen LogP contribution is 2.26. The molecule has 4 nitrogen and oxygen atoms in total. The first-order chi connectivity index (χ1) is 9.31. The van der Waals surface area contributed by atoms with Crippen molar-refractivity contribution in [2.45, 2.75) is 31.6 Å². The Bertz CT molecular complexity index is 545. The lowest BCUT2D eigenvalue weighted by atomic mass is 10.0. The van der Waals surface area contributed by atoms with Crippen LogP contribution in [-0.4, -0.2) is 33.6 Å². The van der Waals surface area contributed by atoms with E-state index in [1.807, 2.05) is 6.92 Å². The van der Waals surface area contributed by atoms with Gasteiger partial charge in [-0.1, -0.05) is 13.0 Å². The lowest BCUT2D eigenvalue weighted by molar-refractivity contribution is 0.385. The number of halogens is 1. The van der Waals surface area contributed by atoms with Gasteiger partial charge in [-0.3, -0.25) is 0 Å². The van der Waals surface area contributed by atoms with Crippen molar-refractivity contribution in [2.24, 2.45) is 0 Å². The van der Waals surface area contributed by atoms with E-state index in [1.165, 1.54) is 25.5 Å². The highest BCUT2D eigenvalue weighted by Gasteiger charge is 2.27. The molecule has 0 bridgehead atoms.